The number of ketones is 1. The monoisotopic (exact) mass is 376 g/mol. The highest BCUT2D eigenvalue weighted by molar-refractivity contribution is 6.45. The highest BCUT2D eigenvalue weighted by atomic mass is 16.5. The molecule has 0 bridgehead atoms. The molecule has 0 saturated carbocycles. The number of benzene rings is 1. The largest absolute Gasteiger partial charge is 0.490 e. The second-order valence-corrected chi connectivity index (χ2v) is 7.18. The van der Waals surface area contributed by atoms with Gasteiger partial charge in [-0.15, -0.1) is 0 Å². The van der Waals surface area contributed by atoms with Crippen LogP contribution in [0.1, 0.15) is 19.4 Å². The molecule has 0 saturated heterocycles. The van der Waals surface area contributed by atoms with Crippen LogP contribution < -0.4 is 9.64 Å². The average molecular weight is 376 g/mol. The normalized spacial score (nSPS) is 21.5. The zero-order chi connectivity index (χ0) is 20.0. The first-order chi connectivity index (χ1) is 13.5. The van der Waals surface area contributed by atoms with Crippen molar-refractivity contribution >= 4 is 28.7 Å². The average Bonchev–Trinajstić information content (AvgIpc) is 3.12. The molecule has 0 unspecified atom stereocenters. The first-order valence-corrected chi connectivity index (χ1v) is 9.42. The number of hydrogen-bond donors (Lipinski definition) is 0. The minimum atomic E-state index is -0.0302. The van der Waals surface area contributed by atoms with Crippen LogP contribution in [0, 0.1) is 0 Å². The fourth-order valence-corrected chi connectivity index (χ4v) is 3.75. The van der Waals surface area contributed by atoms with Gasteiger partial charge < -0.3 is 14.5 Å². The molecule has 1 aliphatic carbocycles. The third kappa shape index (κ3) is 2.68. The second-order valence-electron chi connectivity index (χ2n) is 7.18. The van der Waals surface area contributed by atoms with E-state index in [-0.39, 0.29) is 5.78 Å². The highest BCUT2D eigenvalue weighted by Crippen LogP contribution is 2.40. The number of allylic oxidation sites excluding steroid dienone is 5. The van der Waals surface area contributed by atoms with Gasteiger partial charge in [-0.25, -0.2) is 9.98 Å². The summed E-state index contributed by atoms with van der Waals surface area (Å²) in [4.78, 5) is 26.8. The zero-order valence-electron chi connectivity index (χ0n) is 16.9. The molecular weight excluding hydrogens is 352 g/mol. The Morgan fingerprint density at radius 2 is 1.89 bits per heavy atom. The van der Waals surface area contributed by atoms with E-state index in [1.54, 1.807) is 0 Å². The van der Waals surface area contributed by atoms with Crippen molar-refractivity contribution in [2.45, 2.75) is 13.8 Å². The van der Waals surface area contributed by atoms with E-state index >= 15 is 0 Å². The Labute approximate surface area is 165 Å². The number of fused-ring (bicyclic) bond motifs is 2. The summed E-state index contributed by atoms with van der Waals surface area (Å²) in [6.07, 6.45) is 3.79. The number of ether oxygens (including phenoxy) is 1. The molecule has 0 amide bonds. The van der Waals surface area contributed by atoms with Crippen LogP contribution >= 0.6 is 0 Å². The summed E-state index contributed by atoms with van der Waals surface area (Å²) in [6.45, 7) is 5.28. The lowest BCUT2D eigenvalue weighted by atomic mass is 9.81. The van der Waals surface area contributed by atoms with E-state index in [4.69, 9.17) is 14.7 Å². The van der Waals surface area contributed by atoms with Gasteiger partial charge in [0.25, 0.3) is 0 Å². The summed E-state index contributed by atoms with van der Waals surface area (Å²) in [7, 11) is 5.84. The Morgan fingerprint density at radius 1 is 1.14 bits per heavy atom. The number of guanidine groups is 1. The minimum absolute atomic E-state index is 0.0302. The van der Waals surface area contributed by atoms with Crippen molar-refractivity contribution in [2.24, 2.45) is 9.98 Å². The maximum atomic E-state index is 13.4. The standard InChI is InChI=1S/C22H24N4O2/c1-6-14-15(7-2)21(27)18(20-19(14)23-22(24-20)25(3)4)13-8-9-16-17(12-13)28-11-10-26(16)5/h6-9,12H,10-11H2,1-5H3/b14-6+,15-7+. The first kappa shape index (κ1) is 18.2. The van der Waals surface area contributed by atoms with Gasteiger partial charge in [0.15, 0.2) is 5.78 Å². The van der Waals surface area contributed by atoms with Gasteiger partial charge in [-0.3, -0.25) is 4.79 Å². The van der Waals surface area contributed by atoms with Crippen LogP contribution in [0.2, 0.25) is 0 Å². The lowest BCUT2D eigenvalue weighted by Crippen LogP contribution is -2.29. The number of Topliss-reactive ketones (excluding diaryl/α,β-unsaturated/α-hetero) is 1. The van der Waals surface area contributed by atoms with Crippen LogP contribution in [-0.2, 0) is 4.79 Å². The molecule has 0 aromatic heterocycles. The predicted molar refractivity (Wildman–Crippen MR) is 113 cm³/mol. The Kier molecular flexibility index (Phi) is 4.41. The lowest BCUT2D eigenvalue weighted by molar-refractivity contribution is -0.110. The molecule has 6 heteroatoms. The van der Waals surface area contributed by atoms with Crippen molar-refractivity contribution < 1.29 is 9.53 Å². The van der Waals surface area contributed by atoms with E-state index < -0.39 is 0 Å². The number of likely N-dealkylation sites (N-methyl/N-ethyl adjacent to an activating group) is 1. The van der Waals surface area contributed by atoms with Gasteiger partial charge in [-0.05, 0) is 31.5 Å². The second kappa shape index (κ2) is 6.78. The molecule has 0 radical (unpaired) electrons. The van der Waals surface area contributed by atoms with Crippen LogP contribution in [0.5, 0.6) is 5.75 Å². The number of anilines is 1. The fourth-order valence-electron chi connectivity index (χ4n) is 3.75. The van der Waals surface area contributed by atoms with E-state index in [2.05, 4.69) is 4.90 Å². The Morgan fingerprint density at radius 3 is 2.57 bits per heavy atom. The molecule has 0 N–H and O–H groups in total. The smallest absolute Gasteiger partial charge is 0.226 e. The van der Waals surface area contributed by atoms with Crippen LogP contribution in [0.15, 0.2) is 57.2 Å². The number of carbonyl (C=O) groups is 1. The number of nitrogens with zero attached hydrogens (tertiary/aromatic N) is 4. The van der Waals surface area contributed by atoms with Crippen LogP contribution in [0.3, 0.4) is 0 Å². The van der Waals surface area contributed by atoms with Gasteiger partial charge in [-0.2, -0.15) is 0 Å². The molecule has 2 heterocycles. The quantitative estimate of drug-likeness (QED) is 0.707. The third-order valence-corrected chi connectivity index (χ3v) is 5.22. The van der Waals surface area contributed by atoms with Gasteiger partial charge >= 0.3 is 0 Å². The first-order valence-electron chi connectivity index (χ1n) is 9.42. The Bertz CT molecular complexity index is 1020. The molecule has 2 aliphatic heterocycles. The van der Waals surface area contributed by atoms with E-state index in [1.807, 2.05) is 70.2 Å². The maximum absolute atomic E-state index is 13.4. The summed E-state index contributed by atoms with van der Waals surface area (Å²) in [5, 5.41) is 0. The molecule has 3 aliphatic rings. The molecule has 1 aromatic rings. The minimum Gasteiger partial charge on any atom is -0.490 e. The topological polar surface area (TPSA) is 57.5 Å². The number of rotatable bonds is 1. The highest BCUT2D eigenvalue weighted by Gasteiger charge is 2.37. The number of hydrogen-bond acceptors (Lipinski definition) is 6. The van der Waals surface area contributed by atoms with E-state index in [0.29, 0.717) is 29.4 Å². The van der Waals surface area contributed by atoms with Crippen molar-refractivity contribution in [3.8, 4) is 5.75 Å². The lowest BCUT2D eigenvalue weighted by Gasteiger charge is -2.28. The van der Waals surface area contributed by atoms with Crippen molar-refractivity contribution in [1.29, 1.82) is 0 Å². The Hall–Kier alpha value is -3.15. The van der Waals surface area contributed by atoms with Crippen LogP contribution in [0.25, 0.3) is 5.57 Å². The molecule has 0 atom stereocenters. The van der Waals surface area contributed by atoms with Gasteiger partial charge in [0.1, 0.15) is 23.8 Å². The maximum Gasteiger partial charge on any atom is 0.226 e. The molecule has 0 spiro atoms. The molecule has 4 rings (SSSR count). The van der Waals surface area contributed by atoms with Gasteiger partial charge in [0.05, 0.1) is 17.8 Å². The van der Waals surface area contributed by atoms with E-state index in [9.17, 15) is 4.79 Å². The van der Waals surface area contributed by atoms with Crippen molar-refractivity contribution in [1.82, 2.24) is 4.90 Å². The van der Waals surface area contributed by atoms with Gasteiger partial charge in [0.2, 0.25) is 5.96 Å². The van der Waals surface area contributed by atoms with Crippen LogP contribution in [0.4, 0.5) is 5.69 Å². The van der Waals surface area contributed by atoms with Crippen molar-refractivity contribution in [2.75, 3.05) is 39.2 Å². The summed E-state index contributed by atoms with van der Waals surface area (Å²) >= 11 is 0. The summed E-state index contributed by atoms with van der Waals surface area (Å²) < 4.78 is 5.85. The third-order valence-electron chi connectivity index (χ3n) is 5.22. The van der Waals surface area contributed by atoms with Gasteiger partial charge in [0, 0.05) is 32.3 Å². The molecule has 6 nitrogen and oxygen atoms in total. The molecule has 144 valence electrons. The number of aliphatic imine (C=N–C) groups is 2. The van der Waals surface area contributed by atoms with Crippen LogP contribution in [-0.4, -0.2) is 56.6 Å². The molecule has 28 heavy (non-hydrogen) atoms. The summed E-state index contributed by atoms with van der Waals surface area (Å²) in [6, 6.07) is 5.92. The molecule has 1 aromatic carbocycles. The molecular formula is C22H24N4O2. The number of carbonyl (C=O) groups excluding carboxylic acids is 1. The summed E-state index contributed by atoms with van der Waals surface area (Å²) in [5.74, 6) is 1.36. The van der Waals surface area contributed by atoms with Crippen molar-refractivity contribution in [3.05, 3.63) is 52.8 Å². The van der Waals surface area contributed by atoms with Crippen molar-refractivity contribution in [3.63, 3.8) is 0 Å². The SMILES string of the molecule is C/C=C1/C(=O)C(c2ccc3c(c2)OCCN3C)=C2N=C(N(C)C)N=C2/C1=C/C. The zero-order valence-corrected chi connectivity index (χ0v) is 16.9. The van der Waals surface area contributed by atoms with E-state index in [0.717, 1.165) is 34.8 Å². The fraction of sp³-hybridized carbons (Fsp3) is 0.318. The van der Waals surface area contributed by atoms with Gasteiger partial charge in [-0.1, -0.05) is 18.2 Å². The van der Waals surface area contributed by atoms with E-state index in [1.165, 1.54) is 0 Å². The Balaban J connectivity index is 1.95. The predicted octanol–water partition coefficient (Wildman–Crippen LogP) is 3.07. The summed E-state index contributed by atoms with van der Waals surface area (Å²) in [5.41, 5.74) is 5.30. The molecule has 0 fully saturated rings.